The molecule has 1 amide bonds. The fourth-order valence-corrected chi connectivity index (χ4v) is 1.91. The van der Waals surface area contributed by atoms with Gasteiger partial charge in [0.2, 0.25) is 0 Å². The Bertz CT molecular complexity index is 426. The maximum absolute atomic E-state index is 11.8. The lowest BCUT2D eigenvalue weighted by atomic mass is 10.2. The third-order valence-electron chi connectivity index (χ3n) is 1.96. The minimum absolute atomic E-state index is 0.107. The van der Waals surface area contributed by atoms with Crippen LogP contribution in [-0.2, 0) is 0 Å². The van der Waals surface area contributed by atoms with Crippen molar-refractivity contribution in [3.05, 3.63) is 32.4 Å². The molecule has 0 radical (unpaired) electrons. The van der Waals surface area contributed by atoms with Crippen molar-refractivity contribution in [2.45, 2.75) is 12.8 Å². The fraction of sp³-hybridized carbons (Fsp3) is 0.250. The Labute approximate surface area is 114 Å². The van der Waals surface area contributed by atoms with Gasteiger partial charge in [-0.2, -0.15) is 0 Å². The van der Waals surface area contributed by atoms with Crippen molar-refractivity contribution in [2.75, 3.05) is 6.54 Å². The van der Waals surface area contributed by atoms with Crippen LogP contribution in [0.4, 0.5) is 0 Å². The molecule has 1 N–H and O–H groups in total. The van der Waals surface area contributed by atoms with E-state index in [2.05, 4.69) is 33.8 Å². The maximum atomic E-state index is 11.8. The third-order valence-corrected chi connectivity index (χ3v) is 3.13. The van der Waals surface area contributed by atoms with Gasteiger partial charge in [-0.3, -0.25) is 4.79 Å². The quantitative estimate of drug-likeness (QED) is 0.506. The second-order valence-corrected chi connectivity index (χ2v) is 4.79. The molecule has 0 spiro atoms. The second kappa shape index (κ2) is 6.77. The molecule has 0 unspecified atom stereocenters. The Morgan fingerprint density at radius 2 is 2.31 bits per heavy atom. The summed E-state index contributed by atoms with van der Waals surface area (Å²) in [6, 6.07) is 5.25. The fourth-order valence-electron chi connectivity index (χ4n) is 1.16. The van der Waals surface area contributed by atoms with Crippen molar-refractivity contribution in [3.8, 4) is 12.3 Å². The highest BCUT2D eigenvalue weighted by molar-refractivity contribution is 14.1. The van der Waals surface area contributed by atoms with E-state index in [1.165, 1.54) is 0 Å². The molecular weight excluding hydrogens is 336 g/mol. The topological polar surface area (TPSA) is 29.1 Å². The van der Waals surface area contributed by atoms with Crippen molar-refractivity contribution in [1.82, 2.24) is 5.32 Å². The van der Waals surface area contributed by atoms with Crippen LogP contribution < -0.4 is 5.32 Å². The van der Waals surface area contributed by atoms with Crippen molar-refractivity contribution in [3.63, 3.8) is 0 Å². The molecule has 0 aliphatic heterocycles. The molecule has 1 aromatic carbocycles. The average Bonchev–Trinajstić information content (AvgIpc) is 2.27. The number of benzene rings is 1. The molecule has 0 fully saturated rings. The first-order valence-corrected chi connectivity index (χ1v) is 6.27. The van der Waals surface area contributed by atoms with Crippen LogP contribution >= 0.6 is 34.2 Å². The lowest BCUT2D eigenvalue weighted by molar-refractivity contribution is 0.0952. The van der Waals surface area contributed by atoms with E-state index in [9.17, 15) is 4.79 Å². The van der Waals surface area contributed by atoms with Gasteiger partial charge >= 0.3 is 0 Å². The SMILES string of the molecule is C#CCCCNC(=O)c1cc(Cl)ccc1I. The zero-order valence-electron chi connectivity index (χ0n) is 8.59. The molecule has 84 valence electrons. The number of carbonyl (C=O) groups excluding carboxylic acids is 1. The summed E-state index contributed by atoms with van der Waals surface area (Å²) in [5.41, 5.74) is 0.605. The Morgan fingerprint density at radius 3 is 3.00 bits per heavy atom. The van der Waals surface area contributed by atoms with Crippen molar-refractivity contribution < 1.29 is 4.79 Å². The number of terminal acetylenes is 1. The van der Waals surface area contributed by atoms with Crippen LogP contribution in [0, 0.1) is 15.9 Å². The molecule has 2 nitrogen and oxygen atoms in total. The number of carbonyl (C=O) groups is 1. The number of hydrogen-bond donors (Lipinski definition) is 1. The summed E-state index contributed by atoms with van der Waals surface area (Å²) in [5, 5.41) is 3.37. The minimum atomic E-state index is -0.107. The Hall–Kier alpha value is -0.730. The molecule has 0 aliphatic carbocycles. The molecule has 0 aromatic heterocycles. The van der Waals surface area contributed by atoms with Crippen LogP contribution in [0.15, 0.2) is 18.2 Å². The van der Waals surface area contributed by atoms with Crippen molar-refractivity contribution >= 4 is 40.1 Å². The zero-order valence-corrected chi connectivity index (χ0v) is 11.5. The highest BCUT2D eigenvalue weighted by atomic mass is 127. The number of unbranched alkanes of at least 4 members (excludes halogenated alkanes) is 1. The molecule has 1 aromatic rings. The smallest absolute Gasteiger partial charge is 0.252 e. The van der Waals surface area contributed by atoms with E-state index in [0.29, 0.717) is 23.6 Å². The normalized spacial score (nSPS) is 9.56. The molecule has 0 saturated carbocycles. The second-order valence-electron chi connectivity index (χ2n) is 3.19. The first-order chi connectivity index (χ1) is 7.65. The largest absolute Gasteiger partial charge is 0.352 e. The van der Waals surface area contributed by atoms with Gasteiger partial charge in [-0.1, -0.05) is 11.6 Å². The standard InChI is InChI=1S/C12H11ClINO/c1-2-3-4-7-15-12(16)10-8-9(13)5-6-11(10)14/h1,5-6,8H,3-4,7H2,(H,15,16). The van der Waals surface area contributed by atoms with Crippen molar-refractivity contribution in [1.29, 1.82) is 0 Å². The Balaban J connectivity index is 2.59. The lowest BCUT2D eigenvalue weighted by Crippen LogP contribution is -2.25. The zero-order chi connectivity index (χ0) is 12.0. The summed E-state index contributed by atoms with van der Waals surface area (Å²) in [6.45, 7) is 0.589. The van der Waals surface area contributed by atoms with E-state index in [1.807, 2.05) is 6.07 Å². The average molecular weight is 348 g/mol. The van der Waals surface area contributed by atoms with Crippen LogP contribution in [0.1, 0.15) is 23.2 Å². The lowest BCUT2D eigenvalue weighted by Gasteiger charge is -2.06. The molecule has 0 bridgehead atoms. The summed E-state index contributed by atoms with van der Waals surface area (Å²) < 4.78 is 0.886. The summed E-state index contributed by atoms with van der Waals surface area (Å²) in [4.78, 5) is 11.8. The van der Waals surface area contributed by atoms with Gasteiger partial charge in [-0.15, -0.1) is 12.3 Å². The van der Waals surface area contributed by atoms with Crippen LogP contribution in [0.3, 0.4) is 0 Å². The van der Waals surface area contributed by atoms with Crippen LogP contribution in [-0.4, -0.2) is 12.5 Å². The third kappa shape index (κ3) is 4.03. The molecule has 1 rings (SSSR count). The van der Waals surface area contributed by atoms with E-state index >= 15 is 0 Å². The van der Waals surface area contributed by atoms with E-state index in [0.717, 1.165) is 9.99 Å². The monoisotopic (exact) mass is 347 g/mol. The number of halogens is 2. The molecule has 0 saturated heterocycles. The minimum Gasteiger partial charge on any atom is -0.352 e. The Kier molecular flexibility index (Phi) is 5.64. The summed E-state index contributed by atoms with van der Waals surface area (Å²) in [6.07, 6.45) is 6.58. The van der Waals surface area contributed by atoms with Crippen molar-refractivity contribution in [2.24, 2.45) is 0 Å². The maximum Gasteiger partial charge on any atom is 0.252 e. The van der Waals surface area contributed by atoms with Gasteiger partial charge in [0.05, 0.1) is 5.56 Å². The van der Waals surface area contributed by atoms with E-state index < -0.39 is 0 Å². The number of amides is 1. The van der Waals surface area contributed by atoms with Crippen LogP contribution in [0.5, 0.6) is 0 Å². The van der Waals surface area contributed by atoms with Gasteiger partial charge in [-0.05, 0) is 47.2 Å². The van der Waals surface area contributed by atoms with Crippen LogP contribution in [0.25, 0.3) is 0 Å². The predicted molar refractivity (Wildman–Crippen MR) is 74.6 cm³/mol. The van der Waals surface area contributed by atoms with Gasteiger partial charge in [-0.25, -0.2) is 0 Å². The van der Waals surface area contributed by atoms with Gasteiger partial charge in [0.15, 0.2) is 0 Å². The van der Waals surface area contributed by atoms with E-state index in [1.54, 1.807) is 12.1 Å². The number of hydrogen-bond acceptors (Lipinski definition) is 1. The first kappa shape index (κ1) is 13.3. The molecule has 0 heterocycles. The highest BCUT2D eigenvalue weighted by Gasteiger charge is 2.09. The van der Waals surface area contributed by atoms with Crippen LogP contribution in [0.2, 0.25) is 5.02 Å². The molecule has 0 atom stereocenters. The predicted octanol–water partition coefficient (Wildman–Crippen LogP) is 3.09. The highest BCUT2D eigenvalue weighted by Crippen LogP contribution is 2.17. The van der Waals surface area contributed by atoms with E-state index in [4.69, 9.17) is 18.0 Å². The van der Waals surface area contributed by atoms with Gasteiger partial charge in [0.1, 0.15) is 0 Å². The summed E-state index contributed by atoms with van der Waals surface area (Å²) in [7, 11) is 0. The Morgan fingerprint density at radius 1 is 1.56 bits per heavy atom. The number of nitrogens with one attached hydrogen (secondary N) is 1. The first-order valence-electron chi connectivity index (χ1n) is 4.82. The molecule has 4 heteroatoms. The molecular formula is C12H11ClINO. The molecule has 0 aliphatic rings. The van der Waals surface area contributed by atoms with Gasteiger partial charge in [0.25, 0.3) is 5.91 Å². The van der Waals surface area contributed by atoms with E-state index in [-0.39, 0.29) is 5.91 Å². The summed E-state index contributed by atoms with van der Waals surface area (Å²) in [5.74, 6) is 2.42. The number of rotatable bonds is 4. The summed E-state index contributed by atoms with van der Waals surface area (Å²) >= 11 is 7.94. The molecule has 16 heavy (non-hydrogen) atoms. The van der Waals surface area contributed by atoms with Gasteiger partial charge < -0.3 is 5.32 Å². The van der Waals surface area contributed by atoms with Gasteiger partial charge in [0, 0.05) is 21.6 Å².